The van der Waals surface area contributed by atoms with Gasteiger partial charge in [0.05, 0.1) is 36.5 Å². The van der Waals surface area contributed by atoms with E-state index in [-0.39, 0.29) is 11.1 Å². The summed E-state index contributed by atoms with van der Waals surface area (Å²) in [6, 6.07) is 10.1. The zero-order chi connectivity index (χ0) is 21.3. The van der Waals surface area contributed by atoms with Crippen LogP contribution in [0.1, 0.15) is 21.5 Å². The van der Waals surface area contributed by atoms with Gasteiger partial charge in [0.2, 0.25) is 5.90 Å². The van der Waals surface area contributed by atoms with Crippen LogP contribution in [0.4, 0.5) is 0 Å². The quantitative estimate of drug-likeness (QED) is 0.719. The number of nitrogens with zero attached hydrogens (tertiary/aromatic N) is 4. The number of rotatable bonds is 4. The molecule has 1 atom stereocenters. The van der Waals surface area contributed by atoms with Crippen molar-refractivity contribution in [3.8, 4) is 5.69 Å². The van der Waals surface area contributed by atoms with Gasteiger partial charge in [-0.25, -0.2) is 9.48 Å². The van der Waals surface area contributed by atoms with Crippen LogP contribution < -0.4 is 5.56 Å². The van der Waals surface area contributed by atoms with Crippen LogP contribution in [0.15, 0.2) is 76.9 Å². The molecule has 0 fully saturated rings. The van der Waals surface area contributed by atoms with Crippen molar-refractivity contribution in [3.05, 3.63) is 94.2 Å². The largest absolute Gasteiger partial charge is 0.481 e. The molecule has 0 amide bonds. The molecule has 0 saturated carbocycles. The van der Waals surface area contributed by atoms with Gasteiger partial charge in [-0.2, -0.15) is 5.10 Å². The van der Waals surface area contributed by atoms with Crippen LogP contribution in [0.3, 0.4) is 0 Å². The van der Waals surface area contributed by atoms with Crippen LogP contribution >= 0.6 is 0 Å². The van der Waals surface area contributed by atoms with E-state index in [0.717, 1.165) is 11.1 Å². The van der Waals surface area contributed by atoms with Gasteiger partial charge >= 0.3 is 5.97 Å². The van der Waals surface area contributed by atoms with Crippen molar-refractivity contribution in [3.63, 3.8) is 0 Å². The number of pyridine rings is 1. The first-order chi connectivity index (χ1) is 14.4. The van der Waals surface area contributed by atoms with Gasteiger partial charge in [0.15, 0.2) is 0 Å². The second kappa shape index (κ2) is 7.47. The van der Waals surface area contributed by atoms with Crippen LogP contribution in [0.25, 0.3) is 5.69 Å². The lowest BCUT2D eigenvalue weighted by molar-refractivity contribution is 0.0696. The lowest BCUT2D eigenvalue weighted by atomic mass is 9.75. The second-order valence-corrected chi connectivity index (χ2v) is 7.02. The van der Waals surface area contributed by atoms with Crippen molar-refractivity contribution in [1.82, 2.24) is 14.3 Å². The Morgan fingerprint density at radius 3 is 2.70 bits per heavy atom. The lowest BCUT2D eigenvalue weighted by Crippen LogP contribution is -2.33. The van der Waals surface area contributed by atoms with Crippen LogP contribution in [-0.4, -0.2) is 45.0 Å². The first-order valence-corrected chi connectivity index (χ1v) is 9.27. The molecule has 0 bridgehead atoms. The van der Waals surface area contributed by atoms with Crippen LogP contribution in [0.2, 0.25) is 0 Å². The number of aromatic nitrogens is 3. The number of hydrogen-bond donors (Lipinski definition) is 1. The smallest absolute Gasteiger partial charge is 0.337 e. The molecule has 3 aromatic rings. The summed E-state index contributed by atoms with van der Waals surface area (Å²) in [6.45, 7) is 0.326. The molecule has 1 aromatic carbocycles. The van der Waals surface area contributed by atoms with Crippen LogP contribution in [0, 0.1) is 0 Å². The van der Waals surface area contributed by atoms with Gasteiger partial charge < -0.3 is 14.4 Å². The third-order valence-corrected chi connectivity index (χ3v) is 5.30. The normalized spacial score (nSPS) is 18.1. The van der Waals surface area contributed by atoms with Gasteiger partial charge in [0, 0.05) is 31.1 Å². The van der Waals surface area contributed by atoms with Crippen molar-refractivity contribution in [2.75, 3.05) is 13.7 Å². The second-order valence-electron chi connectivity index (χ2n) is 7.02. The number of hydrogen-bond acceptors (Lipinski definition) is 5. The fraction of sp³-hybridized carbons (Fsp3) is 0.182. The SMILES string of the molecule is COC1=NCC(c2ccn(C)c(=O)c2)(c2cnn(-c3ccccc3C(=O)O)c2)C=C1. The van der Waals surface area contributed by atoms with E-state index in [4.69, 9.17) is 4.74 Å². The molecule has 0 radical (unpaired) electrons. The van der Waals surface area contributed by atoms with E-state index in [2.05, 4.69) is 10.1 Å². The Kier molecular flexibility index (Phi) is 4.83. The van der Waals surface area contributed by atoms with Gasteiger partial charge in [-0.05, 0) is 29.8 Å². The molecule has 0 spiro atoms. The highest BCUT2D eigenvalue weighted by Gasteiger charge is 2.36. The molecule has 0 aliphatic carbocycles. The number of ether oxygens (including phenoxy) is 1. The first kappa shape index (κ1) is 19.4. The Morgan fingerprint density at radius 1 is 1.23 bits per heavy atom. The van der Waals surface area contributed by atoms with E-state index in [1.54, 1.807) is 63.1 Å². The maximum atomic E-state index is 12.3. The number of carboxylic acids is 1. The van der Waals surface area contributed by atoms with Gasteiger partial charge in [-0.15, -0.1) is 0 Å². The molecule has 1 aliphatic heterocycles. The van der Waals surface area contributed by atoms with Gasteiger partial charge in [0.1, 0.15) is 0 Å². The maximum absolute atomic E-state index is 12.3. The minimum Gasteiger partial charge on any atom is -0.481 e. The van der Waals surface area contributed by atoms with Crippen molar-refractivity contribution < 1.29 is 14.6 Å². The fourth-order valence-electron chi connectivity index (χ4n) is 3.56. The number of dihydropyridines is 1. The summed E-state index contributed by atoms with van der Waals surface area (Å²) in [5.74, 6) is -0.533. The summed E-state index contributed by atoms with van der Waals surface area (Å²) in [6.07, 6.45) is 8.87. The predicted octanol–water partition coefficient (Wildman–Crippen LogP) is 2.17. The monoisotopic (exact) mass is 404 g/mol. The van der Waals surface area contributed by atoms with E-state index in [9.17, 15) is 14.7 Å². The molecule has 1 aliphatic rings. The maximum Gasteiger partial charge on any atom is 0.337 e. The summed E-state index contributed by atoms with van der Waals surface area (Å²) < 4.78 is 8.26. The van der Waals surface area contributed by atoms with Crippen molar-refractivity contribution in [2.24, 2.45) is 12.0 Å². The molecule has 152 valence electrons. The minimum absolute atomic E-state index is 0.134. The number of aromatic carboxylic acids is 1. The van der Waals surface area contributed by atoms with Crippen LogP contribution in [-0.2, 0) is 17.2 Å². The van der Waals surface area contributed by atoms with E-state index in [1.165, 1.54) is 15.3 Å². The first-order valence-electron chi connectivity index (χ1n) is 9.27. The molecule has 0 saturated heterocycles. The van der Waals surface area contributed by atoms with E-state index < -0.39 is 11.4 Å². The molecular weight excluding hydrogens is 384 g/mol. The zero-order valence-corrected chi connectivity index (χ0v) is 16.5. The van der Waals surface area contributed by atoms with Crippen molar-refractivity contribution in [2.45, 2.75) is 5.41 Å². The highest BCUT2D eigenvalue weighted by molar-refractivity contribution is 5.92. The number of methoxy groups -OCH3 is 1. The van der Waals surface area contributed by atoms with Crippen molar-refractivity contribution >= 4 is 11.9 Å². The minimum atomic E-state index is -1.03. The fourth-order valence-corrected chi connectivity index (χ4v) is 3.56. The van der Waals surface area contributed by atoms with Crippen LogP contribution in [0.5, 0.6) is 0 Å². The highest BCUT2D eigenvalue weighted by Crippen LogP contribution is 2.36. The molecular formula is C22H20N4O4. The Balaban J connectivity index is 1.86. The number of carbonyl (C=O) groups is 1. The third-order valence-electron chi connectivity index (χ3n) is 5.30. The molecule has 1 N–H and O–H groups in total. The Morgan fingerprint density at radius 2 is 2.03 bits per heavy atom. The number of aryl methyl sites for hydroxylation is 1. The topological polar surface area (TPSA) is 98.7 Å². The highest BCUT2D eigenvalue weighted by atomic mass is 16.5. The standard InChI is InChI=1S/C22H20N4O4/c1-25-10-8-15(11-20(25)27)22(9-7-19(30-2)23-14-22)16-12-24-26(13-16)18-6-4-3-5-17(18)21(28)29/h3-13H,14H2,1-2H3,(H,28,29). The lowest BCUT2D eigenvalue weighted by Gasteiger charge is -2.31. The molecule has 1 unspecified atom stereocenters. The summed E-state index contributed by atoms with van der Waals surface area (Å²) in [7, 11) is 3.24. The average molecular weight is 404 g/mol. The Hall–Kier alpha value is -3.94. The molecule has 8 nitrogen and oxygen atoms in total. The van der Waals surface area contributed by atoms with Gasteiger partial charge in [-0.3, -0.25) is 9.79 Å². The number of carboxylic acid groups (broad SMARTS) is 1. The molecule has 30 heavy (non-hydrogen) atoms. The number of para-hydroxylation sites is 1. The Labute approximate surface area is 172 Å². The zero-order valence-electron chi connectivity index (χ0n) is 16.5. The summed E-state index contributed by atoms with van der Waals surface area (Å²) in [4.78, 5) is 28.4. The Bertz CT molecular complexity index is 1240. The summed E-state index contributed by atoms with van der Waals surface area (Å²) >= 11 is 0. The number of aliphatic imine (C=N–C) groups is 1. The van der Waals surface area contributed by atoms with E-state index in [1.807, 2.05) is 12.1 Å². The number of benzene rings is 1. The molecule has 4 rings (SSSR count). The van der Waals surface area contributed by atoms with E-state index in [0.29, 0.717) is 18.1 Å². The van der Waals surface area contributed by atoms with Crippen molar-refractivity contribution in [1.29, 1.82) is 0 Å². The molecule has 3 heterocycles. The molecule has 8 heteroatoms. The summed E-state index contributed by atoms with van der Waals surface area (Å²) in [5, 5.41) is 13.9. The average Bonchev–Trinajstić information content (AvgIpc) is 3.26. The summed E-state index contributed by atoms with van der Waals surface area (Å²) in [5.41, 5.74) is 1.29. The van der Waals surface area contributed by atoms with Gasteiger partial charge in [0.25, 0.3) is 5.56 Å². The molecule has 2 aromatic heterocycles. The third kappa shape index (κ3) is 3.22. The van der Waals surface area contributed by atoms with Gasteiger partial charge in [-0.1, -0.05) is 18.2 Å². The van der Waals surface area contributed by atoms with E-state index >= 15 is 0 Å². The predicted molar refractivity (Wildman–Crippen MR) is 111 cm³/mol.